The van der Waals surface area contributed by atoms with Crippen molar-refractivity contribution < 1.29 is 9.59 Å². The predicted molar refractivity (Wildman–Crippen MR) is 81.9 cm³/mol. The molecule has 2 amide bonds. The van der Waals surface area contributed by atoms with Crippen LogP contribution in [-0.4, -0.2) is 74.0 Å². The first-order chi connectivity index (χ1) is 10.1. The van der Waals surface area contributed by atoms with E-state index >= 15 is 0 Å². The van der Waals surface area contributed by atoms with Crippen molar-refractivity contribution in [3.05, 3.63) is 0 Å². The highest BCUT2D eigenvalue weighted by Gasteiger charge is 2.42. The summed E-state index contributed by atoms with van der Waals surface area (Å²) in [7, 11) is 0. The van der Waals surface area contributed by atoms with Crippen molar-refractivity contribution in [2.24, 2.45) is 5.41 Å². The van der Waals surface area contributed by atoms with Crippen LogP contribution in [-0.2, 0) is 9.59 Å². The van der Waals surface area contributed by atoms with Gasteiger partial charge >= 0.3 is 0 Å². The minimum Gasteiger partial charge on any atom is -0.355 e. The smallest absolute Gasteiger partial charge is 0.234 e. The quantitative estimate of drug-likeness (QED) is 0.728. The SMILES string of the molecule is CCNC(=O)CN1CCN(C(=O)C2(CC)CCNC2)CC1. The van der Waals surface area contributed by atoms with Gasteiger partial charge in [0.25, 0.3) is 0 Å². The van der Waals surface area contributed by atoms with Gasteiger partial charge in [-0.25, -0.2) is 0 Å². The van der Waals surface area contributed by atoms with Gasteiger partial charge in [-0.3, -0.25) is 14.5 Å². The summed E-state index contributed by atoms with van der Waals surface area (Å²) in [5.74, 6) is 0.370. The number of likely N-dealkylation sites (N-methyl/N-ethyl adjacent to an activating group) is 1. The molecule has 0 aromatic rings. The van der Waals surface area contributed by atoms with E-state index in [1.165, 1.54) is 0 Å². The van der Waals surface area contributed by atoms with Gasteiger partial charge in [0.15, 0.2) is 0 Å². The van der Waals surface area contributed by atoms with Crippen LogP contribution in [0.25, 0.3) is 0 Å². The van der Waals surface area contributed by atoms with Gasteiger partial charge in [0.05, 0.1) is 12.0 Å². The van der Waals surface area contributed by atoms with E-state index in [4.69, 9.17) is 0 Å². The van der Waals surface area contributed by atoms with Crippen molar-refractivity contribution in [2.45, 2.75) is 26.7 Å². The Labute approximate surface area is 127 Å². The average molecular weight is 296 g/mol. The lowest BCUT2D eigenvalue weighted by molar-refractivity contribution is -0.143. The van der Waals surface area contributed by atoms with Crippen LogP contribution in [0.2, 0.25) is 0 Å². The Bertz CT molecular complexity index is 372. The van der Waals surface area contributed by atoms with E-state index in [9.17, 15) is 9.59 Å². The zero-order valence-electron chi connectivity index (χ0n) is 13.3. The molecule has 0 aliphatic carbocycles. The molecule has 120 valence electrons. The molecule has 2 heterocycles. The molecular formula is C15H28N4O2. The van der Waals surface area contributed by atoms with Crippen LogP contribution in [0, 0.1) is 5.41 Å². The van der Waals surface area contributed by atoms with Crippen molar-refractivity contribution in [2.75, 3.05) is 52.4 Å². The second kappa shape index (κ2) is 7.22. The summed E-state index contributed by atoms with van der Waals surface area (Å²) in [6, 6.07) is 0. The molecule has 1 unspecified atom stereocenters. The Morgan fingerprint density at radius 3 is 2.43 bits per heavy atom. The monoisotopic (exact) mass is 296 g/mol. The van der Waals surface area contributed by atoms with E-state index < -0.39 is 0 Å². The first kappa shape index (κ1) is 16.2. The van der Waals surface area contributed by atoms with Crippen LogP contribution >= 0.6 is 0 Å². The van der Waals surface area contributed by atoms with Crippen molar-refractivity contribution in [3.8, 4) is 0 Å². The molecule has 0 bridgehead atoms. The van der Waals surface area contributed by atoms with Crippen molar-refractivity contribution in [1.82, 2.24) is 20.4 Å². The topological polar surface area (TPSA) is 64.7 Å². The minimum atomic E-state index is -0.193. The number of nitrogens with one attached hydrogen (secondary N) is 2. The van der Waals surface area contributed by atoms with Gasteiger partial charge in [0.2, 0.25) is 11.8 Å². The fourth-order valence-electron chi connectivity index (χ4n) is 3.28. The largest absolute Gasteiger partial charge is 0.355 e. The summed E-state index contributed by atoms with van der Waals surface area (Å²) in [4.78, 5) is 28.5. The van der Waals surface area contributed by atoms with E-state index in [1.54, 1.807) is 0 Å². The minimum absolute atomic E-state index is 0.0716. The number of carbonyl (C=O) groups excluding carboxylic acids is 2. The summed E-state index contributed by atoms with van der Waals surface area (Å²) in [6.07, 6.45) is 1.85. The molecule has 0 saturated carbocycles. The number of hydrogen-bond acceptors (Lipinski definition) is 4. The molecule has 2 aliphatic heterocycles. The van der Waals surface area contributed by atoms with Gasteiger partial charge in [-0.2, -0.15) is 0 Å². The van der Waals surface area contributed by atoms with E-state index in [-0.39, 0.29) is 11.3 Å². The number of hydrogen-bond donors (Lipinski definition) is 2. The first-order valence-corrected chi connectivity index (χ1v) is 8.10. The van der Waals surface area contributed by atoms with Crippen LogP contribution in [0.5, 0.6) is 0 Å². The van der Waals surface area contributed by atoms with E-state index in [0.717, 1.165) is 52.1 Å². The second-order valence-electron chi connectivity index (χ2n) is 6.08. The van der Waals surface area contributed by atoms with Crippen molar-refractivity contribution in [3.63, 3.8) is 0 Å². The number of carbonyl (C=O) groups is 2. The Balaban J connectivity index is 1.83. The molecule has 2 aliphatic rings. The zero-order chi connectivity index (χ0) is 15.3. The lowest BCUT2D eigenvalue weighted by Crippen LogP contribution is -2.55. The first-order valence-electron chi connectivity index (χ1n) is 8.10. The molecule has 2 saturated heterocycles. The van der Waals surface area contributed by atoms with Gasteiger partial charge in [-0.15, -0.1) is 0 Å². The highest BCUT2D eigenvalue weighted by atomic mass is 16.2. The second-order valence-corrected chi connectivity index (χ2v) is 6.08. The average Bonchev–Trinajstić information content (AvgIpc) is 2.97. The molecule has 0 spiro atoms. The summed E-state index contributed by atoms with van der Waals surface area (Å²) >= 11 is 0. The van der Waals surface area contributed by atoms with Gasteiger partial charge in [-0.1, -0.05) is 6.92 Å². The molecule has 2 N–H and O–H groups in total. The van der Waals surface area contributed by atoms with Crippen LogP contribution in [0.15, 0.2) is 0 Å². The van der Waals surface area contributed by atoms with Gasteiger partial charge in [0.1, 0.15) is 0 Å². The van der Waals surface area contributed by atoms with Crippen molar-refractivity contribution >= 4 is 11.8 Å². The number of nitrogens with zero attached hydrogens (tertiary/aromatic N) is 2. The lowest BCUT2D eigenvalue weighted by atomic mass is 9.82. The van der Waals surface area contributed by atoms with Crippen LogP contribution in [0.1, 0.15) is 26.7 Å². The fraction of sp³-hybridized carbons (Fsp3) is 0.867. The lowest BCUT2D eigenvalue weighted by Gasteiger charge is -2.39. The number of piperazine rings is 1. The molecule has 2 rings (SSSR count). The maximum Gasteiger partial charge on any atom is 0.234 e. The normalized spacial score (nSPS) is 26.9. The van der Waals surface area contributed by atoms with Gasteiger partial charge in [0, 0.05) is 39.3 Å². The number of amides is 2. The van der Waals surface area contributed by atoms with E-state index in [1.807, 2.05) is 11.8 Å². The fourth-order valence-corrected chi connectivity index (χ4v) is 3.28. The highest BCUT2D eigenvalue weighted by Crippen LogP contribution is 2.32. The standard InChI is InChI=1S/C15H28N4O2/c1-3-15(5-6-16-12-15)14(21)19-9-7-18(8-10-19)11-13(20)17-4-2/h16H,3-12H2,1-2H3,(H,17,20). The Kier molecular flexibility index (Phi) is 5.58. The van der Waals surface area contributed by atoms with Crippen LogP contribution in [0.3, 0.4) is 0 Å². The molecule has 21 heavy (non-hydrogen) atoms. The molecule has 0 aromatic carbocycles. The molecule has 6 heteroatoms. The van der Waals surface area contributed by atoms with Gasteiger partial charge in [-0.05, 0) is 26.3 Å². The molecular weight excluding hydrogens is 268 g/mol. The third kappa shape index (κ3) is 3.74. The maximum atomic E-state index is 12.8. The molecule has 0 aromatic heterocycles. The summed E-state index contributed by atoms with van der Waals surface area (Å²) in [5, 5.41) is 6.14. The molecule has 1 atom stereocenters. The summed E-state index contributed by atoms with van der Waals surface area (Å²) < 4.78 is 0. The third-order valence-corrected chi connectivity index (χ3v) is 4.77. The Morgan fingerprint density at radius 1 is 1.19 bits per heavy atom. The molecule has 6 nitrogen and oxygen atoms in total. The predicted octanol–water partition coefficient (Wildman–Crippen LogP) is -0.344. The Morgan fingerprint density at radius 2 is 1.90 bits per heavy atom. The van der Waals surface area contributed by atoms with Crippen LogP contribution < -0.4 is 10.6 Å². The molecule has 0 radical (unpaired) electrons. The third-order valence-electron chi connectivity index (χ3n) is 4.77. The highest BCUT2D eigenvalue weighted by molar-refractivity contribution is 5.83. The number of rotatable bonds is 5. The van der Waals surface area contributed by atoms with Gasteiger partial charge < -0.3 is 15.5 Å². The summed E-state index contributed by atoms with van der Waals surface area (Å²) in [6.45, 7) is 9.94. The summed E-state index contributed by atoms with van der Waals surface area (Å²) in [5.41, 5.74) is -0.193. The van der Waals surface area contributed by atoms with Crippen molar-refractivity contribution in [1.29, 1.82) is 0 Å². The Hall–Kier alpha value is -1.14. The maximum absolute atomic E-state index is 12.8. The van der Waals surface area contributed by atoms with E-state index in [2.05, 4.69) is 22.5 Å². The van der Waals surface area contributed by atoms with E-state index in [0.29, 0.717) is 19.0 Å². The van der Waals surface area contributed by atoms with Crippen LogP contribution in [0.4, 0.5) is 0 Å². The zero-order valence-corrected chi connectivity index (χ0v) is 13.3. The molecule has 2 fully saturated rings.